The van der Waals surface area contributed by atoms with Crippen LogP contribution in [0.25, 0.3) is 0 Å². The zero-order valence-corrected chi connectivity index (χ0v) is 16.1. The van der Waals surface area contributed by atoms with Crippen molar-refractivity contribution in [3.63, 3.8) is 0 Å². The van der Waals surface area contributed by atoms with E-state index in [9.17, 15) is 4.79 Å². The smallest absolute Gasteiger partial charge is 0.324 e. The second-order valence-electron chi connectivity index (χ2n) is 7.97. The van der Waals surface area contributed by atoms with Crippen molar-refractivity contribution in [1.29, 1.82) is 0 Å². The quantitative estimate of drug-likeness (QED) is 0.658. The topological polar surface area (TPSA) is 23.6 Å². The number of carbonyl (C=O) groups is 1. The van der Waals surface area contributed by atoms with E-state index < -0.39 is 0 Å². The Bertz CT molecular complexity index is 729. The highest BCUT2D eigenvalue weighted by atomic mass is 16.2. The van der Waals surface area contributed by atoms with Gasteiger partial charge >= 0.3 is 6.03 Å². The number of urea groups is 1. The number of amides is 2. The number of hydrogen-bond acceptors (Lipinski definition) is 1. The standard InChI is InChI=1S/C24H30N2O/c27-24(25-17-7-8-18-25)26(23-11-5-2-6-12-23)19-20-13-15-22(16-14-20)21-9-3-1-4-10-21/h2,5-6,11-16,21H,1,3-4,7-10,17-19H2. The van der Waals surface area contributed by atoms with E-state index in [0.717, 1.165) is 37.5 Å². The summed E-state index contributed by atoms with van der Waals surface area (Å²) in [7, 11) is 0. The van der Waals surface area contributed by atoms with Gasteiger partial charge in [-0.25, -0.2) is 4.79 Å². The van der Waals surface area contributed by atoms with Gasteiger partial charge in [0.15, 0.2) is 0 Å². The van der Waals surface area contributed by atoms with Crippen LogP contribution in [0.15, 0.2) is 54.6 Å². The van der Waals surface area contributed by atoms with Crippen molar-refractivity contribution < 1.29 is 4.79 Å². The summed E-state index contributed by atoms with van der Waals surface area (Å²) >= 11 is 0. The number of rotatable bonds is 4. The minimum atomic E-state index is 0.134. The lowest BCUT2D eigenvalue weighted by Gasteiger charge is -2.28. The number of nitrogens with zero attached hydrogens (tertiary/aromatic N) is 2. The Morgan fingerprint density at radius 1 is 0.852 bits per heavy atom. The first kappa shape index (κ1) is 18.1. The van der Waals surface area contributed by atoms with Crippen molar-refractivity contribution in [2.45, 2.75) is 57.4 Å². The molecule has 4 rings (SSSR count). The summed E-state index contributed by atoms with van der Waals surface area (Å²) in [5.74, 6) is 0.726. The van der Waals surface area contributed by atoms with Crippen molar-refractivity contribution in [2.75, 3.05) is 18.0 Å². The second-order valence-corrected chi connectivity index (χ2v) is 7.97. The molecule has 2 fully saturated rings. The molecule has 3 heteroatoms. The second kappa shape index (κ2) is 8.60. The predicted octanol–water partition coefficient (Wildman–Crippen LogP) is 5.96. The van der Waals surface area contributed by atoms with Gasteiger partial charge in [0.25, 0.3) is 0 Å². The van der Waals surface area contributed by atoms with Gasteiger partial charge in [0, 0.05) is 18.8 Å². The Morgan fingerprint density at radius 2 is 1.52 bits per heavy atom. The molecule has 1 saturated heterocycles. The molecule has 0 aromatic heterocycles. The number of carbonyl (C=O) groups excluding carboxylic acids is 1. The van der Waals surface area contributed by atoms with E-state index in [1.807, 2.05) is 40.1 Å². The van der Waals surface area contributed by atoms with Crippen LogP contribution < -0.4 is 4.90 Å². The number of likely N-dealkylation sites (tertiary alicyclic amines) is 1. The number of benzene rings is 2. The maximum atomic E-state index is 13.1. The molecule has 0 radical (unpaired) electrons. The highest BCUT2D eigenvalue weighted by molar-refractivity contribution is 5.92. The lowest BCUT2D eigenvalue weighted by molar-refractivity contribution is 0.215. The molecule has 1 aliphatic carbocycles. The van der Waals surface area contributed by atoms with E-state index in [2.05, 4.69) is 24.3 Å². The highest BCUT2D eigenvalue weighted by Gasteiger charge is 2.25. The first-order chi connectivity index (χ1) is 13.3. The first-order valence-electron chi connectivity index (χ1n) is 10.5. The molecule has 1 heterocycles. The molecule has 3 nitrogen and oxygen atoms in total. The summed E-state index contributed by atoms with van der Waals surface area (Å²) in [6, 6.07) is 19.2. The molecule has 1 saturated carbocycles. The lowest BCUT2D eigenvalue weighted by atomic mass is 9.84. The zero-order valence-electron chi connectivity index (χ0n) is 16.1. The molecule has 2 aliphatic rings. The van der Waals surface area contributed by atoms with E-state index in [0.29, 0.717) is 6.54 Å². The van der Waals surface area contributed by atoms with E-state index in [1.54, 1.807) is 0 Å². The summed E-state index contributed by atoms with van der Waals surface area (Å²) in [5.41, 5.74) is 3.65. The van der Waals surface area contributed by atoms with Crippen molar-refractivity contribution >= 4 is 11.7 Å². The monoisotopic (exact) mass is 362 g/mol. The third-order valence-electron chi connectivity index (χ3n) is 6.07. The summed E-state index contributed by atoms with van der Waals surface area (Å²) in [4.78, 5) is 17.0. The molecular formula is C24H30N2O. The molecule has 0 bridgehead atoms. The van der Waals surface area contributed by atoms with Gasteiger partial charge in [-0.3, -0.25) is 4.90 Å². The van der Waals surface area contributed by atoms with Gasteiger partial charge in [0.05, 0.1) is 6.54 Å². The Balaban J connectivity index is 1.51. The Morgan fingerprint density at radius 3 is 2.19 bits per heavy atom. The van der Waals surface area contributed by atoms with Crippen LogP contribution in [0.3, 0.4) is 0 Å². The van der Waals surface area contributed by atoms with Gasteiger partial charge in [0.1, 0.15) is 0 Å². The minimum Gasteiger partial charge on any atom is -0.324 e. The third kappa shape index (κ3) is 4.35. The van der Waals surface area contributed by atoms with Crippen LogP contribution in [0, 0.1) is 0 Å². The van der Waals surface area contributed by atoms with Crippen molar-refractivity contribution in [1.82, 2.24) is 4.90 Å². The Kier molecular flexibility index (Phi) is 5.76. The van der Waals surface area contributed by atoms with Crippen LogP contribution in [-0.4, -0.2) is 24.0 Å². The first-order valence-corrected chi connectivity index (χ1v) is 10.5. The van der Waals surface area contributed by atoms with Gasteiger partial charge in [0.2, 0.25) is 0 Å². The van der Waals surface area contributed by atoms with Crippen LogP contribution in [0.2, 0.25) is 0 Å². The molecule has 2 aromatic carbocycles. The van der Waals surface area contributed by atoms with Crippen LogP contribution >= 0.6 is 0 Å². The van der Waals surface area contributed by atoms with Gasteiger partial charge in [-0.1, -0.05) is 61.7 Å². The largest absolute Gasteiger partial charge is 0.324 e. The normalized spacial score (nSPS) is 17.9. The molecule has 1 aliphatic heterocycles. The van der Waals surface area contributed by atoms with Crippen LogP contribution in [0.5, 0.6) is 0 Å². The fraction of sp³-hybridized carbons (Fsp3) is 0.458. The SMILES string of the molecule is O=C(N1CCCC1)N(Cc1ccc(C2CCCCC2)cc1)c1ccccc1. The maximum absolute atomic E-state index is 13.1. The number of anilines is 1. The Hall–Kier alpha value is -2.29. The number of para-hydroxylation sites is 1. The minimum absolute atomic E-state index is 0.134. The Labute approximate surface area is 163 Å². The highest BCUT2D eigenvalue weighted by Crippen LogP contribution is 2.32. The fourth-order valence-electron chi connectivity index (χ4n) is 4.47. The molecule has 0 atom stereocenters. The van der Waals surface area contributed by atoms with E-state index >= 15 is 0 Å². The average molecular weight is 363 g/mol. The molecule has 0 spiro atoms. The summed E-state index contributed by atoms with van der Waals surface area (Å²) in [6.45, 7) is 2.38. The van der Waals surface area contributed by atoms with Gasteiger partial charge in [-0.2, -0.15) is 0 Å². The van der Waals surface area contributed by atoms with E-state index in [1.165, 1.54) is 43.2 Å². The van der Waals surface area contributed by atoms with Crippen LogP contribution in [-0.2, 0) is 6.54 Å². The average Bonchev–Trinajstić information content (AvgIpc) is 3.28. The van der Waals surface area contributed by atoms with Gasteiger partial charge in [-0.15, -0.1) is 0 Å². The summed E-state index contributed by atoms with van der Waals surface area (Å²) in [5, 5.41) is 0. The van der Waals surface area contributed by atoms with Crippen molar-refractivity contribution in [3.8, 4) is 0 Å². The zero-order chi connectivity index (χ0) is 18.5. The lowest BCUT2D eigenvalue weighted by Crippen LogP contribution is -2.41. The molecule has 2 amide bonds. The fourth-order valence-corrected chi connectivity index (χ4v) is 4.47. The van der Waals surface area contributed by atoms with Crippen LogP contribution in [0.1, 0.15) is 62.0 Å². The summed E-state index contributed by atoms with van der Waals surface area (Å²) < 4.78 is 0. The maximum Gasteiger partial charge on any atom is 0.324 e. The van der Waals surface area contributed by atoms with Crippen molar-refractivity contribution in [2.24, 2.45) is 0 Å². The van der Waals surface area contributed by atoms with E-state index in [4.69, 9.17) is 0 Å². The van der Waals surface area contributed by atoms with Crippen molar-refractivity contribution in [3.05, 3.63) is 65.7 Å². The molecule has 0 unspecified atom stereocenters. The summed E-state index contributed by atoms with van der Waals surface area (Å²) in [6.07, 6.45) is 8.98. The van der Waals surface area contributed by atoms with Gasteiger partial charge < -0.3 is 4.90 Å². The molecular weight excluding hydrogens is 332 g/mol. The molecule has 27 heavy (non-hydrogen) atoms. The molecule has 2 aromatic rings. The third-order valence-corrected chi connectivity index (χ3v) is 6.07. The van der Waals surface area contributed by atoms with Gasteiger partial charge in [-0.05, 0) is 54.9 Å². The van der Waals surface area contributed by atoms with Crippen LogP contribution in [0.4, 0.5) is 10.5 Å². The predicted molar refractivity (Wildman–Crippen MR) is 111 cm³/mol. The number of hydrogen-bond donors (Lipinski definition) is 0. The molecule has 142 valence electrons. The molecule has 0 N–H and O–H groups in total. The van der Waals surface area contributed by atoms with E-state index in [-0.39, 0.29) is 6.03 Å².